The van der Waals surface area contributed by atoms with Crippen LogP contribution in [0.5, 0.6) is 0 Å². The number of benzene rings is 2. The molecule has 0 saturated carbocycles. The summed E-state index contributed by atoms with van der Waals surface area (Å²) < 4.78 is 2.54. The first-order valence-electron chi connectivity index (χ1n) is 9.58. The molecule has 2 bridgehead atoms. The Hall–Kier alpha value is -2.65. The molecule has 2 aromatic carbocycles. The molecule has 0 N–H and O–H groups in total. The molecule has 5 heterocycles. The maximum atomic E-state index is 4.49. The van der Waals surface area contributed by atoms with Crippen molar-refractivity contribution in [1.29, 1.82) is 0 Å². The monoisotopic (exact) mass is 339 g/mol. The summed E-state index contributed by atoms with van der Waals surface area (Å²) in [5.41, 5.74) is 6.77. The fourth-order valence-corrected chi connectivity index (χ4v) is 4.99. The second-order valence-corrected chi connectivity index (χ2v) is 7.65. The molecule has 0 radical (unpaired) electrons. The van der Waals surface area contributed by atoms with Crippen LogP contribution in [0.4, 0.5) is 0 Å². The van der Waals surface area contributed by atoms with Gasteiger partial charge >= 0.3 is 0 Å². The third-order valence-electron chi connectivity index (χ3n) is 6.22. The predicted molar refractivity (Wildman–Crippen MR) is 106 cm³/mol. The van der Waals surface area contributed by atoms with Crippen molar-refractivity contribution in [2.24, 2.45) is 0 Å². The Balaban J connectivity index is 1.69. The standard InChI is InChI=1S/C23H21N3/c1-2-6-22-19(5-1)20-15-25-12-9-16(10-13-25)23(20)26(22)18-7-8-21-17(14-18)4-3-11-24-21/h1-8,11,14,16H,9-10,12-13,15H2. The van der Waals surface area contributed by atoms with E-state index in [0.717, 1.165) is 12.1 Å². The molecule has 2 aromatic heterocycles. The molecule has 3 heteroatoms. The maximum absolute atomic E-state index is 4.49. The Bertz CT molecular complexity index is 1130. The van der Waals surface area contributed by atoms with Gasteiger partial charge in [0.15, 0.2) is 0 Å². The molecule has 0 spiro atoms. The van der Waals surface area contributed by atoms with Crippen molar-refractivity contribution in [2.45, 2.75) is 25.3 Å². The number of para-hydroxylation sites is 1. The average Bonchev–Trinajstić information content (AvgIpc) is 2.81. The van der Waals surface area contributed by atoms with Gasteiger partial charge in [-0.1, -0.05) is 24.3 Å². The highest BCUT2D eigenvalue weighted by Gasteiger charge is 2.32. The smallest absolute Gasteiger partial charge is 0.0703 e. The minimum Gasteiger partial charge on any atom is -0.313 e. The molecule has 1 fully saturated rings. The normalized spacial score (nSPS) is 21.8. The van der Waals surface area contributed by atoms with Crippen LogP contribution in [0.15, 0.2) is 60.8 Å². The third kappa shape index (κ3) is 2.01. The van der Waals surface area contributed by atoms with Gasteiger partial charge in [0.25, 0.3) is 0 Å². The van der Waals surface area contributed by atoms with Crippen LogP contribution in [-0.2, 0) is 6.54 Å². The number of hydrogen-bond donors (Lipinski definition) is 0. The van der Waals surface area contributed by atoms with E-state index in [9.17, 15) is 0 Å². The van der Waals surface area contributed by atoms with Crippen LogP contribution >= 0.6 is 0 Å². The van der Waals surface area contributed by atoms with Crippen LogP contribution < -0.4 is 0 Å². The zero-order chi connectivity index (χ0) is 17.1. The van der Waals surface area contributed by atoms with E-state index in [1.807, 2.05) is 12.3 Å². The lowest BCUT2D eigenvalue weighted by Gasteiger charge is -2.27. The first kappa shape index (κ1) is 14.5. The number of hydrogen-bond acceptors (Lipinski definition) is 2. The van der Waals surface area contributed by atoms with Crippen molar-refractivity contribution >= 4 is 21.8 Å². The molecule has 4 aromatic rings. The lowest BCUT2D eigenvalue weighted by Crippen LogP contribution is -2.29. The van der Waals surface area contributed by atoms with E-state index in [-0.39, 0.29) is 0 Å². The second-order valence-electron chi connectivity index (χ2n) is 7.65. The Morgan fingerprint density at radius 1 is 0.923 bits per heavy atom. The van der Waals surface area contributed by atoms with Crippen LogP contribution in [0.25, 0.3) is 27.5 Å². The number of nitrogens with zero attached hydrogens (tertiary/aromatic N) is 3. The van der Waals surface area contributed by atoms with Crippen LogP contribution in [0, 0.1) is 0 Å². The van der Waals surface area contributed by atoms with Gasteiger partial charge in [0, 0.05) is 40.8 Å². The van der Waals surface area contributed by atoms with E-state index in [0.29, 0.717) is 5.92 Å². The summed E-state index contributed by atoms with van der Waals surface area (Å²) in [6, 6.07) is 19.8. The SMILES string of the molecule is c1cnc2ccc(-n3c4c(c5ccccc53)CN3CCC4CC3)cc2c1. The first-order valence-corrected chi connectivity index (χ1v) is 9.58. The van der Waals surface area contributed by atoms with Crippen LogP contribution in [0.2, 0.25) is 0 Å². The molecule has 0 amide bonds. The Labute approximate surface area is 152 Å². The largest absolute Gasteiger partial charge is 0.313 e. The topological polar surface area (TPSA) is 21.1 Å². The van der Waals surface area contributed by atoms with Crippen molar-refractivity contribution in [2.75, 3.05) is 13.1 Å². The van der Waals surface area contributed by atoms with E-state index in [1.165, 1.54) is 47.9 Å². The second kappa shape index (κ2) is 5.42. The van der Waals surface area contributed by atoms with Gasteiger partial charge in [0.1, 0.15) is 0 Å². The first-order chi connectivity index (χ1) is 12.9. The average molecular weight is 339 g/mol. The van der Waals surface area contributed by atoms with Crippen LogP contribution in [0.3, 0.4) is 0 Å². The molecular weight excluding hydrogens is 318 g/mol. The van der Waals surface area contributed by atoms with Crippen molar-refractivity contribution in [3.05, 3.63) is 72.1 Å². The van der Waals surface area contributed by atoms with Crippen molar-refractivity contribution in [3.8, 4) is 5.69 Å². The van der Waals surface area contributed by atoms with Crippen LogP contribution in [0.1, 0.15) is 30.0 Å². The molecular formula is C23H21N3. The summed E-state index contributed by atoms with van der Waals surface area (Å²) in [7, 11) is 0. The summed E-state index contributed by atoms with van der Waals surface area (Å²) in [4.78, 5) is 7.12. The van der Waals surface area contributed by atoms with Crippen molar-refractivity contribution < 1.29 is 0 Å². The van der Waals surface area contributed by atoms with Gasteiger partial charge < -0.3 is 4.57 Å². The molecule has 128 valence electrons. The molecule has 0 aliphatic carbocycles. The quantitative estimate of drug-likeness (QED) is 0.493. The molecule has 0 unspecified atom stereocenters. The zero-order valence-corrected chi connectivity index (χ0v) is 14.7. The molecule has 3 aliphatic heterocycles. The fraction of sp³-hybridized carbons (Fsp3) is 0.261. The molecule has 26 heavy (non-hydrogen) atoms. The Morgan fingerprint density at radius 3 is 2.73 bits per heavy atom. The van der Waals surface area contributed by atoms with E-state index in [4.69, 9.17) is 0 Å². The number of aromatic nitrogens is 2. The van der Waals surface area contributed by atoms with Gasteiger partial charge in [-0.2, -0.15) is 0 Å². The minimum atomic E-state index is 0.667. The number of pyridine rings is 1. The number of fused-ring (bicyclic) bond motifs is 4. The highest BCUT2D eigenvalue weighted by Crippen LogP contribution is 2.42. The summed E-state index contributed by atoms with van der Waals surface area (Å²) in [5.74, 6) is 0.667. The van der Waals surface area contributed by atoms with Crippen molar-refractivity contribution in [1.82, 2.24) is 14.5 Å². The maximum Gasteiger partial charge on any atom is 0.0703 e. The predicted octanol–water partition coefficient (Wildman–Crippen LogP) is 4.87. The van der Waals surface area contributed by atoms with Gasteiger partial charge in [-0.05, 0) is 61.8 Å². The molecule has 1 saturated heterocycles. The third-order valence-corrected chi connectivity index (χ3v) is 6.22. The Kier molecular flexibility index (Phi) is 3.03. The summed E-state index contributed by atoms with van der Waals surface area (Å²) in [6.45, 7) is 3.55. The van der Waals surface area contributed by atoms with E-state index >= 15 is 0 Å². The number of piperidine rings is 1. The van der Waals surface area contributed by atoms with E-state index in [2.05, 4.69) is 63.0 Å². The molecule has 3 nitrogen and oxygen atoms in total. The van der Waals surface area contributed by atoms with Crippen LogP contribution in [-0.4, -0.2) is 27.5 Å². The van der Waals surface area contributed by atoms with Crippen molar-refractivity contribution in [3.63, 3.8) is 0 Å². The molecule has 0 atom stereocenters. The summed E-state index contributed by atoms with van der Waals surface area (Å²) in [6.07, 6.45) is 4.42. The molecule has 7 rings (SSSR count). The lowest BCUT2D eigenvalue weighted by atomic mass is 9.94. The van der Waals surface area contributed by atoms with Gasteiger partial charge in [-0.25, -0.2) is 0 Å². The zero-order valence-electron chi connectivity index (χ0n) is 14.7. The molecule has 3 aliphatic rings. The van der Waals surface area contributed by atoms with E-state index < -0.39 is 0 Å². The highest BCUT2D eigenvalue weighted by molar-refractivity contribution is 5.89. The summed E-state index contributed by atoms with van der Waals surface area (Å²) in [5, 5.41) is 2.63. The van der Waals surface area contributed by atoms with Gasteiger partial charge in [-0.3, -0.25) is 9.88 Å². The lowest BCUT2D eigenvalue weighted by molar-refractivity contribution is 0.220. The van der Waals surface area contributed by atoms with Gasteiger partial charge in [0.2, 0.25) is 0 Å². The summed E-state index contributed by atoms with van der Waals surface area (Å²) >= 11 is 0. The minimum absolute atomic E-state index is 0.667. The Morgan fingerprint density at radius 2 is 1.81 bits per heavy atom. The van der Waals surface area contributed by atoms with E-state index in [1.54, 1.807) is 11.3 Å². The van der Waals surface area contributed by atoms with Gasteiger partial charge in [-0.15, -0.1) is 0 Å². The number of rotatable bonds is 1. The fourth-order valence-electron chi connectivity index (χ4n) is 4.99. The van der Waals surface area contributed by atoms with Gasteiger partial charge in [0.05, 0.1) is 11.0 Å². The highest BCUT2D eigenvalue weighted by atomic mass is 15.1.